The van der Waals surface area contributed by atoms with Crippen molar-refractivity contribution in [2.45, 2.75) is 45.7 Å². The molecular formula is C16H25FN2. The summed E-state index contributed by atoms with van der Waals surface area (Å²) in [6.07, 6.45) is 2.61. The summed E-state index contributed by atoms with van der Waals surface area (Å²) in [5, 5.41) is 3.31. The van der Waals surface area contributed by atoms with Crippen molar-refractivity contribution in [2.24, 2.45) is 5.92 Å². The second kappa shape index (κ2) is 5.91. The fourth-order valence-electron chi connectivity index (χ4n) is 2.78. The molecule has 0 saturated heterocycles. The highest BCUT2D eigenvalue weighted by Gasteiger charge is 2.32. The Labute approximate surface area is 116 Å². The molecule has 0 heterocycles. The highest BCUT2D eigenvalue weighted by atomic mass is 19.1. The van der Waals surface area contributed by atoms with Gasteiger partial charge in [0.1, 0.15) is 5.82 Å². The maximum absolute atomic E-state index is 14.2. The number of nitrogens with one attached hydrogen (secondary N) is 1. The van der Waals surface area contributed by atoms with E-state index in [1.165, 1.54) is 12.8 Å². The molecular weight excluding hydrogens is 239 g/mol. The molecule has 0 bridgehead atoms. The van der Waals surface area contributed by atoms with Crippen molar-refractivity contribution >= 4 is 5.69 Å². The molecule has 2 nitrogen and oxygen atoms in total. The highest BCUT2D eigenvalue weighted by molar-refractivity contribution is 5.56. The molecule has 19 heavy (non-hydrogen) atoms. The Morgan fingerprint density at radius 2 is 2.05 bits per heavy atom. The van der Waals surface area contributed by atoms with Crippen molar-refractivity contribution in [3.05, 3.63) is 29.6 Å². The van der Waals surface area contributed by atoms with Crippen molar-refractivity contribution in [3.63, 3.8) is 0 Å². The number of nitrogens with zero attached hydrogens (tertiary/aromatic N) is 1. The smallest absolute Gasteiger partial charge is 0.130 e. The minimum Gasteiger partial charge on any atom is -0.371 e. The topological polar surface area (TPSA) is 15.3 Å². The third-order valence-electron chi connectivity index (χ3n) is 4.27. The highest BCUT2D eigenvalue weighted by Crippen LogP contribution is 2.38. The van der Waals surface area contributed by atoms with Gasteiger partial charge in [0.2, 0.25) is 0 Å². The molecule has 106 valence electrons. The summed E-state index contributed by atoms with van der Waals surface area (Å²) in [6, 6.07) is 5.92. The zero-order valence-electron chi connectivity index (χ0n) is 12.4. The molecule has 1 N–H and O–H groups in total. The van der Waals surface area contributed by atoms with Crippen LogP contribution in [-0.2, 0) is 0 Å². The molecule has 1 aliphatic rings. The van der Waals surface area contributed by atoms with Crippen LogP contribution in [-0.4, -0.2) is 19.6 Å². The average molecular weight is 264 g/mol. The Bertz CT molecular complexity index is 429. The van der Waals surface area contributed by atoms with Gasteiger partial charge in [0.15, 0.2) is 0 Å². The van der Waals surface area contributed by atoms with Crippen LogP contribution < -0.4 is 10.2 Å². The molecule has 1 fully saturated rings. The zero-order chi connectivity index (χ0) is 14.0. The standard InChI is InChI=1S/C16H25FN2/c1-5-18-11(2)16-14(17)7-6-8-15(16)19(4)12(3)13-9-10-13/h6-8,11-13,18H,5,9-10H2,1-4H3. The van der Waals surface area contributed by atoms with Gasteiger partial charge in [-0.05, 0) is 51.3 Å². The molecule has 1 aromatic rings. The van der Waals surface area contributed by atoms with Gasteiger partial charge in [0.25, 0.3) is 0 Å². The summed E-state index contributed by atoms with van der Waals surface area (Å²) in [6.45, 7) is 7.16. The molecule has 2 rings (SSSR count). The van der Waals surface area contributed by atoms with Gasteiger partial charge in [-0.2, -0.15) is 0 Å². The first-order valence-electron chi connectivity index (χ1n) is 7.30. The normalized spacial score (nSPS) is 18.2. The first-order valence-corrected chi connectivity index (χ1v) is 7.30. The molecule has 0 amide bonds. The van der Waals surface area contributed by atoms with Crippen molar-refractivity contribution < 1.29 is 4.39 Å². The number of hydrogen-bond acceptors (Lipinski definition) is 2. The molecule has 2 atom stereocenters. The number of rotatable bonds is 6. The summed E-state index contributed by atoms with van der Waals surface area (Å²) in [5.41, 5.74) is 1.81. The van der Waals surface area contributed by atoms with Crippen molar-refractivity contribution in [1.29, 1.82) is 0 Å². The van der Waals surface area contributed by atoms with E-state index in [9.17, 15) is 4.39 Å². The second-order valence-electron chi connectivity index (χ2n) is 5.64. The minimum atomic E-state index is -0.110. The van der Waals surface area contributed by atoms with E-state index in [2.05, 4.69) is 24.2 Å². The van der Waals surface area contributed by atoms with E-state index in [1.54, 1.807) is 6.07 Å². The first-order chi connectivity index (χ1) is 9.06. The number of anilines is 1. The van der Waals surface area contributed by atoms with Gasteiger partial charge < -0.3 is 10.2 Å². The van der Waals surface area contributed by atoms with E-state index in [1.807, 2.05) is 26.0 Å². The van der Waals surface area contributed by atoms with E-state index >= 15 is 0 Å². The summed E-state index contributed by atoms with van der Waals surface area (Å²) >= 11 is 0. The van der Waals surface area contributed by atoms with Gasteiger partial charge in [-0.3, -0.25) is 0 Å². The summed E-state index contributed by atoms with van der Waals surface area (Å²) < 4.78 is 14.2. The molecule has 0 aliphatic heterocycles. The second-order valence-corrected chi connectivity index (χ2v) is 5.64. The van der Waals surface area contributed by atoms with E-state index < -0.39 is 0 Å². The average Bonchev–Trinajstić information content (AvgIpc) is 3.21. The Balaban J connectivity index is 2.30. The van der Waals surface area contributed by atoms with Gasteiger partial charge in [0.05, 0.1) is 0 Å². The predicted molar refractivity (Wildman–Crippen MR) is 79.1 cm³/mol. The van der Waals surface area contributed by atoms with E-state index in [-0.39, 0.29) is 11.9 Å². The third kappa shape index (κ3) is 3.08. The summed E-state index contributed by atoms with van der Waals surface area (Å²) in [4.78, 5) is 2.24. The minimum absolute atomic E-state index is 0.0371. The Kier molecular flexibility index (Phi) is 4.46. The molecule has 0 radical (unpaired) electrons. The van der Waals surface area contributed by atoms with Gasteiger partial charge in [-0.1, -0.05) is 13.0 Å². The summed E-state index contributed by atoms with van der Waals surface area (Å²) in [7, 11) is 2.08. The van der Waals surface area contributed by atoms with Crippen LogP contribution in [0.4, 0.5) is 10.1 Å². The van der Waals surface area contributed by atoms with E-state index in [0.717, 1.165) is 23.7 Å². The maximum atomic E-state index is 14.2. The zero-order valence-corrected chi connectivity index (χ0v) is 12.4. The van der Waals surface area contributed by atoms with Crippen LogP contribution in [0.5, 0.6) is 0 Å². The maximum Gasteiger partial charge on any atom is 0.130 e. The van der Waals surface area contributed by atoms with E-state index in [4.69, 9.17) is 0 Å². The summed E-state index contributed by atoms with van der Waals surface area (Å²) in [5.74, 6) is 0.663. The van der Waals surface area contributed by atoms with Crippen LogP contribution in [0.15, 0.2) is 18.2 Å². The van der Waals surface area contributed by atoms with Crippen molar-refractivity contribution in [1.82, 2.24) is 5.32 Å². The largest absolute Gasteiger partial charge is 0.371 e. The van der Waals surface area contributed by atoms with Crippen LogP contribution in [0, 0.1) is 11.7 Å². The van der Waals surface area contributed by atoms with Crippen LogP contribution in [0.1, 0.15) is 45.2 Å². The fourth-order valence-corrected chi connectivity index (χ4v) is 2.78. The molecule has 1 aliphatic carbocycles. The Morgan fingerprint density at radius 3 is 2.63 bits per heavy atom. The Hall–Kier alpha value is -1.09. The lowest BCUT2D eigenvalue weighted by molar-refractivity contribution is 0.533. The third-order valence-corrected chi connectivity index (χ3v) is 4.27. The van der Waals surface area contributed by atoms with Crippen LogP contribution in [0.2, 0.25) is 0 Å². The SMILES string of the molecule is CCNC(C)c1c(F)cccc1N(C)C(C)C1CC1. The predicted octanol–water partition coefficient (Wildman–Crippen LogP) is 3.73. The molecule has 1 aromatic carbocycles. The van der Waals surface area contributed by atoms with Crippen molar-refractivity contribution in [2.75, 3.05) is 18.5 Å². The number of halogens is 1. The lowest BCUT2D eigenvalue weighted by atomic mass is 10.0. The van der Waals surface area contributed by atoms with E-state index in [0.29, 0.717) is 6.04 Å². The lowest BCUT2D eigenvalue weighted by Gasteiger charge is -2.31. The van der Waals surface area contributed by atoms with Gasteiger partial charge in [0, 0.05) is 30.4 Å². The van der Waals surface area contributed by atoms with Crippen LogP contribution >= 0.6 is 0 Å². The van der Waals surface area contributed by atoms with Gasteiger partial charge in [-0.25, -0.2) is 4.39 Å². The van der Waals surface area contributed by atoms with Crippen molar-refractivity contribution in [3.8, 4) is 0 Å². The first kappa shape index (κ1) is 14.3. The number of benzene rings is 1. The fraction of sp³-hybridized carbons (Fsp3) is 0.625. The Morgan fingerprint density at radius 1 is 1.37 bits per heavy atom. The molecule has 3 heteroatoms. The lowest BCUT2D eigenvalue weighted by Crippen LogP contribution is -2.33. The monoisotopic (exact) mass is 264 g/mol. The molecule has 2 unspecified atom stereocenters. The molecule has 1 saturated carbocycles. The quantitative estimate of drug-likeness (QED) is 0.842. The molecule has 0 spiro atoms. The van der Waals surface area contributed by atoms with Crippen LogP contribution in [0.3, 0.4) is 0 Å². The van der Waals surface area contributed by atoms with Gasteiger partial charge >= 0.3 is 0 Å². The number of hydrogen-bond donors (Lipinski definition) is 1. The molecule has 0 aromatic heterocycles. The van der Waals surface area contributed by atoms with Gasteiger partial charge in [-0.15, -0.1) is 0 Å². The van der Waals surface area contributed by atoms with Crippen LogP contribution in [0.25, 0.3) is 0 Å².